The minimum Gasteiger partial charge on any atom is -0.361 e. The molecule has 43 heavy (non-hydrogen) atoms. The summed E-state index contributed by atoms with van der Waals surface area (Å²) in [5, 5.41) is 4.16. The molecule has 2 aromatic heterocycles. The van der Waals surface area contributed by atoms with Crippen molar-refractivity contribution >= 4 is 50.9 Å². The van der Waals surface area contributed by atoms with Crippen LogP contribution in [0.25, 0.3) is 21.9 Å². The van der Waals surface area contributed by atoms with Crippen LogP contribution >= 0.6 is 11.6 Å². The third-order valence-electron chi connectivity index (χ3n) is 8.89. The Hall–Kier alpha value is -4.92. The molecule has 8 rings (SSSR count). The summed E-state index contributed by atoms with van der Waals surface area (Å²) in [5.41, 5.74) is 1.74. The monoisotopic (exact) mass is 588 g/mol. The number of hydrogen-bond acceptors (Lipinski definition) is 5. The van der Waals surface area contributed by atoms with Crippen molar-refractivity contribution in [3.05, 3.63) is 136 Å². The number of benzene rings is 4. The van der Waals surface area contributed by atoms with Crippen molar-refractivity contribution in [1.29, 1.82) is 0 Å². The molecule has 0 radical (unpaired) electrons. The van der Waals surface area contributed by atoms with Gasteiger partial charge in [-0.25, -0.2) is 9.37 Å². The molecule has 1 aliphatic carbocycles. The fourth-order valence-corrected chi connectivity index (χ4v) is 7.13. The highest BCUT2D eigenvalue weighted by Crippen LogP contribution is 2.55. The Morgan fingerprint density at radius 1 is 0.860 bits per heavy atom. The number of fused-ring (bicyclic) bond motifs is 3. The van der Waals surface area contributed by atoms with Crippen LogP contribution in [0.4, 0.5) is 4.39 Å². The number of aromatic amines is 2. The van der Waals surface area contributed by atoms with Gasteiger partial charge in [0.1, 0.15) is 5.82 Å². The molecular formula is C34H22ClFN4O3. The summed E-state index contributed by atoms with van der Waals surface area (Å²) in [6, 6.07) is 25.0. The average Bonchev–Trinajstić information content (AvgIpc) is 3.78. The smallest absolute Gasteiger partial charge is 0.204 e. The molecule has 1 fully saturated rings. The molecule has 2 aliphatic rings. The van der Waals surface area contributed by atoms with E-state index in [1.54, 1.807) is 48.7 Å². The zero-order chi connectivity index (χ0) is 29.5. The van der Waals surface area contributed by atoms with Crippen molar-refractivity contribution in [3.63, 3.8) is 0 Å². The van der Waals surface area contributed by atoms with Gasteiger partial charge in [0, 0.05) is 40.2 Å². The predicted molar refractivity (Wildman–Crippen MR) is 160 cm³/mol. The lowest BCUT2D eigenvalue weighted by atomic mass is 9.70. The highest BCUT2D eigenvalue weighted by molar-refractivity contribution is 6.35. The molecule has 4 aromatic carbocycles. The maximum atomic E-state index is 15.1. The first-order valence-electron chi connectivity index (χ1n) is 13.8. The van der Waals surface area contributed by atoms with Gasteiger partial charge >= 0.3 is 0 Å². The van der Waals surface area contributed by atoms with Gasteiger partial charge in [0.2, 0.25) is 5.78 Å². The molecule has 3 atom stereocenters. The molecule has 1 saturated heterocycles. The number of nitrogens with one attached hydrogen (secondary N) is 3. The van der Waals surface area contributed by atoms with Gasteiger partial charge in [-0.1, -0.05) is 72.3 Å². The second kappa shape index (κ2) is 9.29. The summed E-state index contributed by atoms with van der Waals surface area (Å²) in [5.74, 6) is -4.30. The van der Waals surface area contributed by atoms with Crippen LogP contribution in [0.15, 0.2) is 97.2 Å². The molecule has 3 heterocycles. The summed E-state index contributed by atoms with van der Waals surface area (Å²) in [7, 11) is 0. The first kappa shape index (κ1) is 25.8. The Labute approximate surface area is 249 Å². The summed E-state index contributed by atoms with van der Waals surface area (Å²) in [4.78, 5) is 54.6. The van der Waals surface area contributed by atoms with Crippen molar-refractivity contribution in [2.45, 2.75) is 17.5 Å². The number of halogens is 2. The van der Waals surface area contributed by atoms with Crippen molar-refractivity contribution in [1.82, 2.24) is 20.3 Å². The fraction of sp³-hybridized carbons (Fsp3) is 0.118. The van der Waals surface area contributed by atoms with Gasteiger partial charge in [0.05, 0.1) is 22.0 Å². The van der Waals surface area contributed by atoms with Crippen LogP contribution in [0, 0.1) is 11.7 Å². The first-order valence-corrected chi connectivity index (χ1v) is 14.2. The Kier molecular flexibility index (Phi) is 5.57. The predicted octanol–water partition coefficient (Wildman–Crippen LogP) is 6.58. The maximum absolute atomic E-state index is 15.1. The van der Waals surface area contributed by atoms with Gasteiger partial charge in [-0.05, 0) is 41.5 Å². The highest BCUT2D eigenvalue weighted by Gasteiger charge is 2.68. The van der Waals surface area contributed by atoms with Gasteiger partial charge in [0.15, 0.2) is 22.9 Å². The van der Waals surface area contributed by atoms with Crippen LogP contribution in [-0.2, 0) is 0 Å². The molecule has 3 unspecified atom stereocenters. The van der Waals surface area contributed by atoms with Gasteiger partial charge in [-0.2, -0.15) is 0 Å². The van der Waals surface area contributed by atoms with Gasteiger partial charge in [-0.15, -0.1) is 0 Å². The largest absolute Gasteiger partial charge is 0.361 e. The number of para-hydroxylation sites is 3. The number of nitrogens with zero attached hydrogens (tertiary/aromatic N) is 1. The lowest BCUT2D eigenvalue weighted by Crippen LogP contribution is -2.57. The van der Waals surface area contributed by atoms with Gasteiger partial charge in [0.25, 0.3) is 0 Å². The zero-order valence-corrected chi connectivity index (χ0v) is 23.2. The van der Waals surface area contributed by atoms with Crippen LogP contribution in [0.2, 0.25) is 5.02 Å². The highest BCUT2D eigenvalue weighted by atomic mass is 35.5. The molecule has 1 aliphatic heterocycles. The summed E-state index contributed by atoms with van der Waals surface area (Å²) < 4.78 is 15.1. The molecule has 9 heteroatoms. The third kappa shape index (κ3) is 3.57. The lowest BCUT2D eigenvalue weighted by molar-refractivity contribution is 0.0653. The minimum absolute atomic E-state index is 0.0166. The SMILES string of the molecule is O=C(c1nc2ccccc2[nH]1)C1C(c2ccc(Cl)c(F)c2)C(c2c[nH]c3ccccc23)NC12C(=O)c1ccccc1C2=O. The Morgan fingerprint density at radius 2 is 1.53 bits per heavy atom. The van der Waals surface area contributed by atoms with E-state index in [-0.39, 0.29) is 22.0 Å². The Bertz CT molecular complexity index is 2080. The van der Waals surface area contributed by atoms with Crippen molar-refractivity contribution in [3.8, 4) is 0 Å². The number of aromatic nitrogens is 3. The summed E-state index contributed by atoms with van der Waals surface area (Å²) in [6.07, 6.45) is 1.81. The van der Waals surface area contributed by atoms with Gasteiger partial charge < -0.3 is 9.97 Å². The number of rotatable bonds is 4. The van der Waals surface area contributed by atoms with E-state index in [1.807, 2.05) is 36.4 Å². The van der Waals surface area contributed by atoms with Crippen molar-refractivity contribution in [2.24, 2.45) is 5.92 Å². The summed E-state index contributed by atoms with van der Waals surface area (Å²) in [6.45, 7) is 0. The molecule has 1 spiro atoms. The normalized spacial score (nSPS) is 20.8. The van der Waals surface area contributed by atoms with Crippen LogP contribution in [0.1, 0.15) is 54.4 Å². The van der Waals surface area contributed by atoms with E-state index < -0.39 is 46.6 Å². The molecule has 210 valence electrons. The zero-order valence-electron chi connectivity index (χ0n) is 22.4. The quantitative estimate of drug-likeness (QED) is 0.159. The van der Waals surface area contributed by atoms with E-state index in [0.29, 0.717) is 16.6 Å². The molecule has 3 N–H and O–H groups in total. The molecule has 0 amide bonds. The first-order chi connectivity index (χ1) is 20.9. The van der Waals surface area contributed by atoms with E-state index in [2.05, 4.69) is 20.3 Å². The van der Waals surface area contributed by atoms with E-state index in [9.17, 15) is 14.4 Å². The van der Waals surface area contributed by atoms with E-state index in [0.717, 1.165) is 16.5 Å². The van der Waals surface area contributed by atoms with Crippen LogP contribution in [0.5, 0.6) is 0 Å². The van der Waals surface area contributed by atoms with E-state index in [4.69, 9.17) is 11.6 Å². The number of carbonyl (C=O) groups is 3. The van der Waals surface area contributed by atoms with E-state index >= 15 is 4.39 Å². The standard InChI is InChI=1S/C34H22ClFN4O3/c35-22-14-13-17(15-23(22)36)27-28(30(41)33-38-25-11-5-6-12-26(25)39-33)34(31(42)19-8-1-2-9-20(19)32(34)43)40-29(27)21-16-37-24-10-4-3-7-18(21)24/h1-16,27-29,37,40H,(H,38,39). The topological polar surface area (TPSA) is 108 Å². The number of carbonyl (C=O) groups excluding carboxylic acids is 3. The molecule has 0 bridgehead atoms. The fourth-order valence-electron chi connectivity index (χ4n) is 7.01. The minimum atomic E-state index is -1.95. The summed E-state index contributed by atoms with van der Waals surface area (Å²) >= 11 is 6.08. The average molecular weight is 589 g/mol. The van der Waals surface area contributed by atoms with Crippen LogP contribution in [-0.4, -0.2) is 37.8 Å². The second-order valence-corrected chi connectivity index (χ2v) is 11.5. The molecule has 6 aromatic rings. The Morgan fingerprint density at radius 3 is 2.26 bits per heavy atom. The van der Waals surface area contributed by atoms with Crippen LogP contribution < -0.4 is 5.32 Å². The molecule has 0 saturated carbocycles. The third-order valence-corrected chi connectivity index (χ3v) is 9.20. The van der Waals surface area contributed by atoms with Crippen molar-refractivity contribution < 1.29 is 18.8 Å². The van der Waals surface area contributed by atoms with Gasteiger partial charge in [-0.3, -0.25) is 19.7 Å². The Balaban J connectivity index is 1.41. The molecular weight excluding hydrogens is 567 g/mol. The molecule has 7 nitrogen and oxygen atoms in total. The number of ketones is 3. The number of imidazole rings is 1. The van der Waals surface area contributed by atoms with Crippen molar-refractivity contribution in [2.75, 3.05) is 0 Å². The number of Topliss-reactive ketones (excluding diaryl/α,β-unsaturated/α-hetero) is 3. The number of H-pyrrole nitrogens is 2. The maximum Gasteiger partial charge on any atom is 0.204 e. The lowest BCUT2D eigenvalue weighted by Gasteiger charge is -2.29. The number of hydrogen-bond donors (Lipinski definition) is 3. The van der Waals surface area contributed by atoms with E-state index in [1.165, 1.54) is 12.1 Å². The second-order valence-electron chi connectivity index (χ2n) is 11.1. The van der Waals surface area contributed by atoms with Crippen LogP contribution in [0.3, 0.4) is 0 Å².